The van der Waals surface area contributed by atoms with Gasteiger partial charge in [-0.1, -0.05) is 6.07 Å². The van der Waals surface area contributed by atoms with Gasteiger partial charge in [0, 0.05) is 0 Å². The zero-order chi connectivity index (χ0) is 14.0. The molecule has 2 aromatic rings. The molecule has 0 bridgehead atoms. The first-order chi connectivity index (χ1) is 9.17. The lowest BCUT2D eigenvalue weighted by Crippen LogP contribution is -1.98. The molecular weight excluding hydrogens is 244 g/mol. The Balaban J connectivity index is 2.93. The number of hydrogen-bond donors (Lipinski definition) is 0. The Kier molecular flexibility index (Phi) is 3.69. The zero-order valence-corrected chi connectivity index (χ0v) is 11.9. The number of hydrogen-bond acceptors (Lipinski definition) is 4. The van der Waals surface area contributed by atoms with Gasteiger partial charge < -0.3 is 18.9 Å². The summed E-state index contributed by atoms with van der Waals surface area (Å²) in [5.41, 5.74) is 1.01. The van der Waals surface area contributed by atoms with Crippen molar-refractivity contribution in [1.29, 1.82) is 0 Å². The van der Waals surface area contributed by atoms with Crippen LogP contribution in [0.4, 0.5) is 0 Å². The monoisotopic (exact) mass is 262 g/mol. The maximum atomic E-state index is 5.51. The molecule has 102 valence electrons. The highest BCUT2D eigenvalue weighted by Gasteiger charge is 2.19. The van der Waals surface area contributed by atoms with Crippen molar-refractivity contribution in [3.63, 3.8) is 0 Å². The van der Waals surface area contributed by atoms with Crippen LogP contribution in [0.25, 0.3) is 10.8 Å². The van der Waals surface area contributed by atoms with Crippen LogP contribution in [0.3, 0.4) is 0 Å². The second-order valence-corrected chi connectivity index (χ2v) is 4.16. The summed E-state index contributed by atoms with van der Waals surface area (Å²) in [5.74, 6) is 2.68. The van der Waals surface area contributed by atoms with Crippen LogP contribution < -0.4 is 18.9 Å². The van der Waals surface area contributed by atoms with Gasteiger partial charge in [-0.15, -0.1) is 0 Å². The van der Waals surface area contributed by atoms with Gasteiger partial charge >= 0.3 is 0 Å². The summed E-state index contributed by atoms with van der Waals surface area (Å²) >= 11 is 0. The SMILES string of the molecule is COc1ccc2cc(C)c(OC)c(OC)c2c1OC. The van der Waals surface area contributed by atoms with Crippen molar-refractivity contribution < 1.29 is 18.9 Å². The molecule has 0 N–H and O–H groups in total. The summed E-state index contributed by atoms with van der Waals surface area (Å²) in [5, 5.41) is 1.87. The van der Waals surface area contributed by atoms with Gasteiger partial charge in [-0.05, 0) is 30.0 Å². The first-order valence-electron chi connectivity index (χ1n) is 5.94. The molecule has 4 heteroatoms. The molecule has 0 saturated carbocycles. The van der Waals surface area contributed by atoms with E-state index in [2.05, 4.69) is 0 Å². The molecule has 0 aliphatic rings. The molecule has 0 aromatic heterocycles. The predicted molar refractivity (Wildman–Crippen MR) is 74.9 cm³/mol. The molecule has 0 fully saturated rings. The lowest BCUT2D eigenvalue weighted by atomic mass is 10.0. The molecule has 0 aliphatic heterocycles. The molecule has 0 aliphatic carbocycles. The fourth-order valence-electron chi connectivity index (χ4n) is 2.34. The number of methoxy groups -OCH3 is 4. The average Bonchev–Trinajstić information content (AvgIpc) is 2.44. The van der Waals surface area contributed by atoms with Crippen LogP contribution >= 0.6 is 0 Å². The van der Waals surface area contributed by atoms with E-state index in [1.807, 2.05) is 25.1 Å². The van der Waals surface area contributed by atoms with Crippen molar-refractivity contribution in [3.8, 4) is 23.0 Å². The summed E-state index contributed by atoms with van der Waals surface area (Å²) in [6, 6.07) is 5.90. The topological polar surface area (TPSA) is 36.9 Å². The highest BCUT2D eigenvalue weighted by atomic mass is 16.5. The maximum absolute atomic E-state index is 5.51. The largest absolute Gasteiger partial charge is 0.493 e. The normalized spacial score (nSPS) is 10.4. The summed E-state index contributed by atoms with van der Waals surface area (Å²) < 4.78 is 21.7. The molecule has 2 rings (SSSR count). The van der Waals surface area contributed by atoms with Gasteiger partial charge in [0.05, 0.1) is 33.8 Å². The van der Waals surface area contributed by atoms with Crippen LogP contribution in [-0.2, 0) is 0 Å². The van der Waals surface area contributed by atoms with E-state index in [-0.39, 0.29) is 0 Å². The minimum absolute atomic E-state index is 0.648. The first kappa shape index (κ1) is 13.3. The van der Waals surface area contributed by atoms with Crippen LogP contribution in [0.5, 0.6) is 23.0 Å². The Morgan fingerprint density at radius 3 is 1.89 bits per heavy atom. The van der Waals surface area contributed by atoms with Crippen molar-refractivity contribution in [1.82, 2.24) is 0 Å². The fourth-order valence-corrected chi connectivity index (χ4v) is 2.34. The number of aryl methyl sites for hydroxylation is 1. The third-order valence-corrected chi connectivity index (χ3v) is 3.15. The Labute approximate surface area is 112 Å². The summed E-state index contributed by atoms with van der Waals surface area (Å²) in [6.07, 6.45) is 0. The van der Waals surface area contributed by atoms with E-state index in [1.54, 1.807) is 28.4 Å². The second kappa shape index (κ2) is 5.26. The molecule has 0 spiro atoms. The smallest absolute Gasteiger partial charge is 0.172 e. The molecular formula is C15H18O4. The van der Waals surface area contributed by atoms with Crippen LogP contribution in [-0.4, -0.2) is 28.4 Å². The molecule has 0 radical (unpaired) electrons. The molecule has 19 heavy (non-hydrogen) atoms. The molecule has 0 saturated heterocycles. The van der Waals surface area contributed by atoms with E-state index in [4.69, 9.17) is 18.9 Å². The average molecular weight is 262 g/mol. The van der Waals surface area contributed by atoms with E-state index >= 15 is 0 Å². The Morgan fingerprint density at radius 2 is 1.37 bits per heavy atom. The minimum Gasteiger partial charge on any atom is -0.493 e. The second-order valence-electron chi connectivity index (χ2n) is 4.16. The highest BCUT2D eigenvalue weighted by molar-refractivity contribution is 5.98. The fraction of sp³-hybridized carbons (Fsp3) is 0.333. The third-order valence-electron chi connectivity index (χ3n) is 3.15. The van der Waals surface area contributed by atoms with Crippen LogP contribution in [0.2, 0.25) is 0 Å². The highest BCUT2D eigenvalue weighted by Crippen LogP contribution is 2.46. The molecule has 2 aromatic carbocycles. The number of fused-ring (bicyclic) bond motifs is 1. The van der Waals surface area contributed by atoms with E-state index < -0.39 is 0 Å². The summed E-state index contributed by atoms with van der Waals surface area (Å²) in [4.78, 5) is 0. The van der Waals surface area contributed by atoms with Crippen molar-refractivity contribution in [2.45, 2.75) is 6.92 Å². The molecule has 0 heterocycles. The quantitative estimate of drug-likeness (QED) is 0.848. The molecule has 0 atom stereocenters. The minimum atomic E-state index is 0.648. The Morgan fingerprint density at radius 1 is 0.737 bits per heavy atom. The predicted octanol–water partition coefficient (Wildman–Crippen LogP) is 3.18. The number of rotatable bonds is 4. The van der Waals surface area contributed by atoms with E-state index in [9.17, 15) is 0 Å². The lowest BCUT2D eigenvalue weighted by Gasteiger charge is -2.17. The first-order valence-corrected chi connectivity index (χ1v) is 5.94. The molecule has 0 unspecified atom stereocenters. The third kappa shape index (κ3) is 2.03. The Bertz CT molecular complexity index is 605. The Hall–Kier alpha value is -2.10. The van der Waals surface area contributed by atoms with Gasteiger partial charge in [-0.2, -0.15) is 0 Å². The van der Waals surface area contributed by atoms with Crippen LogP contribution in [0.1, 0.15) is 5.56 Å². The molecule has 0 amide bonds. The van der Waals surface area contributed by atoms with Gasteiger partial charge in [-0.25, -0.2) is 0 Å². The van der Waals surface area contributed by atoms with Crippen molar-refractivity contribution >= 4 is 10.8 Å². The zero-order valence-electron chi connectivity index (χ0n) is 11.9. The van der Waals surface area contributed by atoms with Crippen molar-refractivity contribution in [2.24, 2.45) is 0 Å². The number of benzene rings is 2. The summed E-state index contributed by atoms with van der Waals surface area (Å²) in [6.45, 7) is 1.98. The lowest BCUT2D eigenvalue weighted by molar-refractivity contribution is 0.346. The van der Waals surface area contributed by atoms with E-state index in [0.29, 0.717) is 23.0 Å². The van der Waals surface area contributed by atoms with Crippen molar-refractivity contribution in [2.75, 3.05) is 28.4 Å². The van der Waals surface area contributed by atoms with Gasteiger partial charge in [0.2, 0.25) is 0 Å². The van der Waals surface area contributed by atoms with Crippen molar-refractivity contribution in [3.05, 3.63) is 23.8 Å². The van der Waals surface area contributed by atoms with Gasteiger partial charge in [-0.3, -0.25) is 0 Å². The standard InChI is InChI=1S/C15H18O4/c1-9-8-10-6-7-11(16-2)14(18-4)12(10)15(19-5)13(9)17-3/h6-8H,1-5H3. The van der Waals surface area contributed by atoms with Crippen LogP contribution in [0, 0.1) is 6.92 Å². The van der Waals surface area contributed by atoms with Gasteiger partial charge in [0.25, 0.3) is 0 Å². The van der Waals surface area contributed by atoms with Gasteiger partial charge in [0.15, 0.2) is 23.0 Å². The maximum Gasteiger partial charge on any atom is 0.172 e. The van der Waals surface area contributed by atoms with E-state index in [1.165, 1.54) is 0 Å². The number of ether oxygens (including phenoxy) is 4. The molecule has 4 nitrogen and oxygen atoms in total. The van der Waals surface area contributed by atoms with Gasteiger partial charge in [0.1, 0.15) is 0 Å². The van der Waals surface area contributed by atoms with E-state index in [0.717, 1.165) is 16.3 Å². The van der Waals surface area contributed by atoms with Crippen LogP contribution in [0.15, 0.2) is 18.2 Å². The summed E-state index contributed by atoms with van der Waals surface area (Å²) in [7, 11) is 6.48.